The Labute approximate surface area is 224 Å². The van der Waals surface area contributed by atoms with Crippen LogP contribution in [0.15, 0.2) is 47.6 Å². The lowest BCUT2D eigenvalue weighted by Crippen LogP contribution is -2.50. The van der Waals surface area contributed by atoms with E-state index in [0.717, 1.165) is 27.7 Å². The molecule has 0 fully saturated rings. The van der Waals surface area contributed by atoms with Crippen molar-refractivity contribution >= 4 is 29.6 Å². The van der Waals surface area contributed by atoms with Crippen LogP contribution < -0.4 is 4.76 Å². The highest BCUT2D eigenvalue weighted by atomic mass is 19.4. The molecule has 0 saturated heterocycles. The number of hydroxylamine groups is 1. The molecule has 10 nitrogen and oxygen atoms in total. The first kappa shape index (κ1) is 27.9. The minimum atomic E-state index is -5.43. The van der Waals surface area contributed by atoms with Gasteiger partial charge in [0, 0.05) is 29.5 Å². The van der Waals surface area contributed by atoms with Crippen LogP contribution in [0.5, 0.6) is 0 Å². The van der Waals surface area contributed by atoms with Gasteiger partial charge in [0.15, 0.2) is 12.4 Å². The zero-order chi connectivity index (χ0) is 29.7. The van der Waals surface area contributed by atoms with Crippen molar-refractivity contribution in [3.8, 4) is 0 Å². The summed E-state index contributed by atoms with van der Waals surface area (Å²) in [6.07, 6.45) is -9.52. The normalized spacial score (nSPS) is 18.6. The molecular formula is C24H16F7N6O4+. The van der Waals surface area contributed by atoms with Gasteiger partial charge in [-0.25, -0.2) is 14.0 Å². The van der Waals surface area contributed by atoms with Gasteiger partial charge in [-0.1, -0.05) is 18.2 Å². The number of Topliss-reactive ketones (excluding diaryl/α,β-unsaturated/α-hetero) is 1. The van der Waals surface area contributed by atoms with Gasteiger partial charge in [-0.2, -0.15) is 26.3 Å². The number of hydrogen-bond donors (Lipinski definition) is 0. The second-order valence-corrected chi connectivity index (χ2v) is 8.99. The first-order valence-electron chi connectivity index (χ1n) is 11.6. The summed E-state index contributed by atoms with van der Waals surface area (Å²) in [5.41, 5.74) is -0.903. The second-order valence-electron chi connectivity index (χ2n) is 8.99. The Bertz CT molecular complexity index is 1600. The standard InChI is InChI=1S/C24H16F7N6O4/c25-16-6-5-13(9-15(16)20(39)35-7-8-36-19(11-35)33-34-21(36)23(26,27)28)12-37(41-22(40)24(29,30)31)17-4-2-1-3-14(17)18(38)10-32-37/h1-6,9-10H,7-8,11-12H2/q+1. The van der Waals surface area contributed by atoms with E-state index in [-0.39, 0.29) is 35.7 Å². The maximum atomic E-state index is 14.8. The summed E-state index contributed by atoms with van der Waals surface area (Å²) in [5, 5.41) is 10.4. The Balaban J connectivity index is 1.48. The molecule has 2 aliphatic heterocycles. The Morgan fingerprint density at radius 3 is 2.44 bits per heavy atom. The topological polar surface area (TPSA) is 107 Å². The molecule has 5 rings (SSSR count). The lowest BCUT2D eigenvalue weighted by molar-refractivity contribution is -0.237. The molecule has 41 heavy (non-hydrogen) atoms. The molecule has 3 heterocycles. The molecular weight excluding hydrogens is 569 g/mol. The van der Waals surface area contributed by atoms with Crippen molar-refractivity contribution in [1.82, 2.24) is 24.4 Å². The van der Waals surface area contributed by atoms with E-state index >= 15 is 0 Å². The molecule has 214 valence electrons. The Hall–Kier alpha value is -4.67. The maximum Gasteiger partial charge on any atom is 0.497 e. The number of fused-ring (bicyclic) bond motifs is 2. The molecule has 0 spiro atoms. The molecule has 0 radical (unpaired) electrons. The van der Waals surface area contributed by atoms with E-state index in [1.165, 1.54) is 24.3 Å². The van der Waals surface area contributed by atoms with Gasteiger partial charge < -0.3 is 9.47 Å². The summed E-state index contributed by atoms with van der Waals surface area (Å²) in [7, 11) is 0. The van der Waals surface area contributed by atoms with Crippen LogP contribution in [0, 0.1) is 5.82 Å². The lowest BCUT2D eigenvalue weighted by Gasteiger charge is -2.31. The fourth-order valence-corrected chi connectivity index (χ4v) is 4.48. The van der Waals surface area contributed by atoms with Gasteiger partial charge in [-0.05, 0) is 23.3 Å². The van der Waals surface area contributed by atoms with E-state index in [1.54, 1.807) is 0 Å². The summed E-state index contributed by atoms with van der Waals surface area (Å²) < 4.78 is 93.1. The van der Waals surface area contributed by atoms with Gasteiger partial charge in [0.2, 0.25) is 17.3 Å². The monoisotopic (exact) mass is 585 g/mol. The number of carbonyl (C=O) groups excluding carboxylic acids is 3. The van der Waals surface area contributed by atoms with Gasteiger partial charge in [-0.15, -0.1) is 10.2 Å². The number of carbonyl (C=O) groups is 3. The van der Waals surface area contributed by atoms with Crippen LogP contribution in [-0.2, 0) is 35.4 Å². The molecule has 2 aliphatic rings. The number of nitrogens with zero attached hydrogens (tertiary/aromatic N) is 6. The van der Waals surface area contributed by atoms with Gasteiger partial charge >= 0.3 is 18.3 Å². The third kappa shape index (κ3) is 5.15. The summed E-state index contributed by atoms with van der Waals surface area (Å²) >= 11 is 0. The van der Waals surface area contributed by atoms with E-state index in [2.05, 4.69) is 15.3 Å². The number of alkyl halides is 6. The van der Waals surface area contributed by atoms with Crippen molar-refractivity contribution in [2.24, 2.45) is 5.10 Å². The Morgan fingerprint density at radius 1 is 1.00 bits per heavy atom. The minimum Gasteiger partial charge on any atom is -0.329 e. The molecule has 0 saturated carbocycles. The number of ketones is 1. The van der Waals surface area contributed by atoms with E-state index < -0.39 is 65.1 Å². The fourth-order valence-electron chi connectivity index (χ4n) is 4.48. The largest absolute Gasteiger partial charge is 0.497 e. The smallest absolute Gasteiger partial charge is 0.329 e. The predicted octanol–water partition coefficient (Wildman–Crippen LogP) is 3.80. The number of aromatic nitrogens is 3. The zero-order valence-corrected chi connectivity index (χ0v) is 20.4. The number of quaternary nitrogens is 1. The highest BCUT2D eigenvalue weighted by Crippen LogP contribution is 2.36. The molecule has 2 aromatic carbocycles. The van der Waals surface area contributed by atoms with Crippen molar-refractivity contribution in [1.29, 1.82) is 0 Å². The van der Waals surface area contributed by atoms with Crippen LogP contribution in [0.25, 0.3) is 0 Å². The van der Waals surface area contributed by atoms with E-state index in [0.29, 0.717) is 6.21 Å². The van der Waals surface area contributed by atoms with Gasteiger partial charge in [0.25, 0.3) is 5.91 Å². The molecule has 1 atom stereocenters. The fraction of sp³-hybridized carbons (Fsp3) is 0.250. The summed E-state index contributed by atoms with van der Waals surface area (Å²) in [6.45, 7) is -1.68. The number of para-hydroxylation sites is 1. The molecule has 3 aromatic rings. The molecule has 0 N–H and O–H groups in total. The zero-order valence-electron chi connectivity index (χ0n) is 20.4. The number of amides is 1. The van der Waals surface area contributed by atoms with Crippen molar-refractivity contribution in [2.75, 3.05) is 6.54 Å². The SMILES string of the molecule is O=C1C=N[N+](Cc2ccc(F)c(C(=O)N3CCn4c(nnc4C(F)(F)F)C3)c2)(OC(=O)C(F)(F)F)c2ccccc21. The van der Waals surface area contributed by atoms with Crippen molar-refractivity contribution in [2.45, 2.75) is 32.0 Å². The summed E-state index contributed by atoms with van der Waals surface area (Å²) in [5.74, 6) is -6.68. The van der Waals surface area contributed by atoms with Crippen LogP contribution in [-0.4, -0.2) is 56.3 Å². The van der Waals surface area contributed by atoms with Gasteiger partial charge in [-0.3, -0.25) is 9.59 Å². The highest BCUT2D eigenvalue weighted by molar-refractivity contribution is 6.37. The Morgan fingerprint density at radius 2 is 1.73 bits per heavy atom. The maximum absolute atomic E-state index is 14.8. The molecule has 17 heteroatoms. The average molecular weight is 585 g/mol. The van der Waals surface area contributed by atoms with E-state index in [9.17, 15) is 45.1 Å². The van der Waals surface area contributed by atoms with Crippen molar-refractivity contribution in [3.63, 3.8) is 0 Å². The first-order valence-corrected chi connectivity index (χ1v) is 11.6. The number of halogens is 7. The number of hydrogen-bond acceptors (Lipinski definition) is 7. The number of rotatable bonds is 4. The Kier molecular flexibility index (Phi) is 6.63. The van der Waals surface area contributed by atoms with Crippen LogP contribution in [0.1, 0.15) is 37.9 Å². The molecule has 0 bridgehead atoms. The molecule has 0 aliphatic carbocycles. The third-order valence-corrected chi connectivity index (χ3v) is 6.32. The minimum absolute atomic E-state index is 0.0226. The summed E-state index contributed by atoms with van der Waals surface area (Å²) in [4.78, 5) is 43.2. The van der Waals surface area contributed by atoms with Crippen molar-refractivity contribution < 1.29 is 50.0 Å². The predicted molar refractivity (Wildman–Crippen MR) is 123 cm³/mol. The van der Waals surface area contributed by atoms with Crippen LogP contribution in [0.3, 0.4) is 0 Å². The van der Waals surface area contributed by atoms with Crippen LogP contribution >= 0.6 is 0 Å². The lowest BCUT2D eigenvalue weighted by atomic mass is 10.0. The van der Waals surface area contributed by atoms with Crippen molar-refractivity contribution in [3.05, 3.63) is 76.6 Å². The molecule has 1 aromatic heterocycles. The molecule has 1 unspecified atom stereocenters. The quantitative estimate of drug-likeness (QED) is 0.341. The van der Waals surface area contributed by atoms with E-state index in [1.807, 2.05) is 0 Å². The highest BCUT2D eigenvalue weighted by Gasteiger charge is 2.52. The van der Waals surface area contributed by atoms with Crippen LogP contribution in [0.2, 0.25) is 0 Å². The molecule has 1 amide bonds. The first-order chi connectivity index (χ1) is 19.2. The summed E-state index contributed by atoms with van der Waals surface area (Å²) in [6, 6.07) is 8.28. The van der Waals surface area contributed by atoms with E-state index in [4.69, 9.17) is 4.84 Å². The third-order valence-electron chi connectivity index (χ3n) is 6.32. The second kappa shape index (κ2) is 9.76. The number of benzene rings is 2. The van der Waals surface area contributed by atoms with Gasteiger partial charge in [0.05, 0.1) is 17.7 Å². The average Bonchev–Trinajstić information content (AvgIpc) is 3.35. The van der Waals surface area contributed by atoms with Gasteiger partial charge in [0.1, 0.15) is 12.0 Å². The van der Waals surface area contributed by atoms with Crippen LogP contribution in [0.4, 0.5) is 36.4 Å².